The first-order valence-corrected chi connectivity index (χ1v) is 8.45. The highest BCUT2D eigenvalue weighted by Gasteiger charge is 2.28. The molecule has 1 nitrogen and oxygen atoms in total. The molecule has 0 heterocycles. The van der Waals surface area contributed by atoms with Crippen molar-refractivity contribution in [3.05, 3.63) is 35.4 Å². The van der Waals surface area contributed by atoms with Crippen LogP contribution in [-0.4, -0.2) is 12.6 Å². The molecule has 110 valence electrons. The van der Waals surface area contributed by atoms with Gasteiger partial charge in [-0.2, -0.15) is 0 Å². The topological polar surface area (TPSA) is 12.0 Å². The SMILES string of the molecule is CC(C)(CCNC1CC1)CC1CCCc2ccccc21. The predicted molar refractivity (Wildman–Crippen MR) is 86.2 cm³/mol. The third-order valence-electron chi connectivity index (χ3n) is 5.10. The quantitative estimate of drug-likeness (QED) is 0.793. The van der Waals surface area contributed by atoms with Crippen LogP contribution in [0.5, 0.6) is 0 Å². The van der Waals surface area contributed by atoms with Gasteiger partial charge in [0, 0.05) is 6.04 Å². The summed E-state index contributed by atoms with van der Waals surface area (Å²) in [7, 11) is 0. The monoisotopic (exact) mass is 271 g/mol. The second-order valence-electron chi connectivity index (χ2n) is 7.63. The first-order valence-electron chi connectivity index (χ1n) is 8.45. The molecule has 0 aromatic heterocycles. The summed E-state index contributed by atoms with van der Waals surface area (Å²) in [6.07, 6.45) is 9.50. The van der Waals surface area contributed by atoms with Crippen LogP contribution in [0.2, 0.25) is 0 Å². The van der Waals surface area contributed by atoms with E-state index < -0.39 is 0 Å². The molecule has 1 fully saturated rings. The summed E-state index contributed by atoms with van der Waals surface area (Å²) >= 11 is 0. The standard InChI is InChI=1S/C19H29N/c1-19(2,12-13-20-17-10-11-17)14-16-8-5-7-15-6-3-4-9-18(15)16/h3-4,6,9,16-17,20H,5,7-8,10-14H2,1-2H3. The van der Waals surface area contributed by atoms with Gasteiger partial charge in [0.2, 0.25) is 0 Å². The summed E-state index contributed by atoms with van der Waals surface area (Å²) in [5.74, 6) is 0.788. The average Bonchev–Trinajstić information content (AvgIpc) is 3.23. The summed E-state index contributed by atoms with van der Waals surface area (Å²) in [4.78, 5) is 0. The Kier molecular flexibility index (Phi) is 4.16. The van der Waals surface area contributed by atoms with E-state index in [2.05, 4.69) is 43.4 Å². The van der Waals surface area contributed by atoms with Crippen LogP contribution < -0.4 is 5.32 Å². The third kappa shape index (κ3) is 3.63. The van der Waals surface area contributed by atoms with Crippen LogP contribution in [0.1, 0.15) is 69.4 Å². The van der Waals surface area contributed by atoms with E-state index in [9.17, 15) is 0 Å². The molecular weight excluding hydrogens is 242 g/mol. The molecular formula is C19H29N. The molecule has 3 rings (SSSR count). The maximum atomic E-state index is 3.67. The van der Waals surface area contributed by atoms with Crippen LogP contribution in [0.3, 0.4) is 0 Å². The molecule has 1 atom stereocenters. The van der Waals surface area contributed by atoms with Crippen molar-refractivity contribution < 1.29 is 0 Å². The number of hydrogen-bond acceptors (Lipinski definition) is 1. The first kappa shape index (κ1) is 14.1. The zero-order valence-electron chi connectivity index (χ0n) is 13.1. The lowest BCUT2D eigenvalue weighted by atomic mass is 9.72. The van der Waals surface area contributed by atoms with Gasteiger partial charge in [-0.25, -0.2) is 0 Å². The molecule has 1 N–H and O–H groups in total. The van der Waals surface area contributed by atoms with E-state index in [0.29, 0.717) is 5.41 Å². The summed E-state index contributed by atoms with van der Waals surface area (Å²) in [5, 5.41) is 3.67. The maximum absolute atomic E-state index is 3.67. The van der Waals surface area contributed by atoms with E-state index >= 15 is 0 Å². The van der Waals surface area contributed by atoms with Crippen LogP contribution in [-0.2, 0) is 6.42 Å². The summed E-state index contributed by atoms with van der Waals surface area (Å²) in [5.41, 5.74) is 3.70. The van der Waals surface area contributed by atoms with Gasteiger partial charge in [-0.05, 0) is 74.0 Å². The fourth-order valence-corrected chi connectivity index (χ4v) is 3.74. The highest BCUT2D eigenvalue weighted by Crippen LogP contribution is 2.41. The van der Waals surface area contributed by atoms with E-state index in [-0.39, 0.29) is 0 Å². The molecule has 0 saturated heterocycles. The first-order chi connectivity index (χ1) is 9.64. The number of aryl methyl sites for hydroxylation is 1. The van der Waals surface area contributed by atoms with Crippen molar-refractivity contribution in [1.29, 1.82) is 0 Å². The normalized spacial score (nSPS) is 22.6. The van der Waals surface area contributed by atoms with Crippen LogP contribution in [0.4, 0.5) is 0 Å². The van der Waals surface area contributed by atoms with E-state index in [1.165, 1.54) is 51.5 Å². The average molecular weight is 271 g/mol. The van der Waals surface area contributed by atoms with E-state index in [0.717, 1.165) is 12.0 Å². The Bertz CT molecular complexity index is 445. The van der Waals surface area contributed by atoms with Crippen LogP contribution in [0.15, 0.2) is 24.3 Å². The zero-order valence-corrected chi connectivity index (χ0v) is 13.1. The minimum Gasteiger partial charge on any atom is -0.314 e. The van der Waals surface area contributed by atoms with Crippen molar-refractivity contribution in [2.24, 2.45) is 5.41 Å². The Hall–Kier alpha value is -0.820. The zero-order chi connectivity index (χ0) is 14.0. The van der Waals surface area contributed by atoms with Crippen molar-refractivity contribution in [1.82, 2.24) is 5.32 Å². The van der Waals surface area contributed by atoms with E-state index in [1.807, 2.05) is 0 Å². The molecule has 1 unspecified atom stereocenters. The molecule has 0 spiro atoms. The highest BCUT2D eigenvalue weighted by molar-refractivity contribution is 5.32. The van der Waals surface area contributed by atoms with E-state index in [4.69, 9.17) is 0 Å². The molecule has 1 heteroatoms. The fourth-order valence-electron chi connectivity index (χ4n) is 3.74. The van der Waals surface area contributed by atoms with Crippen molar-refractivity contribution in [2.45, 2.75) is 70.8 Å². The largest absolute Gasteiger partial charge is 0.314 e. The second kappa shape index (κ2) is 5.89. The van der Waals surface area contributed by atoms with Crippen molar-refractivity contribution >= 4 is 0 Å². The third-order valence-corrected chi connectivity index (χ3v) is 5.10. The minimum absolute atomic E-state index is 0.455. The molecule has 2 aliphatic rings. The molecule has 0 bridgehead atoms. The Morgan fingerprint density at radius 1 is 1.15 bits per heavy atom. The molecule has 0 radical (unpaired) electrons. The van der Waals surface area contributed by atoms with Gasteiger partial charge < -0.3 is 5.32 Å². The molecule has 0 amide bonds. The Morgan fingerprint density at radius 2 is 1.95 bits per heavy atom. The van der Waals surface area contributed by atoms with Gasteiger partial charge in [0.25, 0.3) is 0 Å². The van der Waals surface area contributed by atoms with Gasteiger partial charge in [0.15, 0.2) is 0 Å². The minimum atomic E-state index is 0.455. The van der Waals surface area contributed by atoms with Gasteiger partial charge in [0.1, 0.15) is 0 Å². The molecule has 0 aliphatic heterocycles. The molecule has 1 aromatic rings. The van der Waals surface area contributed by atoms with Gasteiger partial charge in [-0.15, -0.1) is 0 Å². The van der Waals surface area contributed by atoms with Crippen molar-refractivity contribution in [2.75, 3.05) is 6.54 Å². The summed E-state index contributed by atoms with van der Waals surface area (Å²) < 4.78 is 0. The molecule has 1 saturated carbocycles. The van der Waals surface area contributed by atoms with Crippen LogP contribution in [0, 0.1) is 5.41 Å². The van der Waals surface area contributed by atoms with E-state index in [1.54, 1.807) is 11.1 Å². The summed E-state index contributed by atoms with van der Waals surface area (Å²) in [6.45, 7) is 6.11. The second-order valence-corrected chi connectivity index (χ2v) is 7.63. The lowest BCUT2D eigenvalue weighted by molar-refractivity contribution is 0.265. The Labute approximate surface area is 124 Å². The van der Waals surface area contributed by atoms with Crippen molar-refractivity contribution in [3.63, 3.8) is 0 Å². The van der Waals surface area contributed by atoms with Gasteiger partial charge in [0.05, 0.1) is 0 Å². The number of rotatable bonds is 6. The number of nitrogens with one attached hydrogen (secondary N) is 1. The molecule has 20 heavy (non-hydrogen) atoms. The molecule has 1 aromatic carbocycles. The number of hydrogen-bond donors (Lipinski definition) is 1. The Morgan fingerprint density at radius 3 is 2.75 bits per heavy atom. The predicted octanol–water partition coefficient (Wildman–Crippen LogP) is 4.66. The maximum Gasteiger partial charge on any atom is 0.00682 e. The Balaban J connectivity index is 1.58. The lowest BCUT2D eigenvalue weighted by Crippen LogP contribution is -2.26. The van der Waals surface area contributed by atoms with Gasteiger partial charge >= 0.3 is 0 Å². The summed E-state index contributed by atoms with van der Waals surface area (Å²) in [6, 6.07) is 9.98. The highest BCUT2D eigenvalue weighted by atomic mass is 14.9. The fraction of sp³-hybridized carbons (Fsp3) is 0.684. The number of benzene rings is 1. The lowest BCUT2D eigenvalue weighted by Gasteiger charge is -2.33. The smallest absolute Gasteiger partial charge is 0.00682 e. The van der Waals surface area contributed by atoms with Crippen LogP contribution in [0.25, 0.3) is 0 Å². The molecule has 2 aliphatic carbocycles. The van der Waals surface area contributed by atoms with Gasteiger partial charge in [-0.1, -0.05) is 38.1 Å². The van der Waals surface area contributed by atoms with Gasteiger partial charge in [-0.3, -0.25) is 0 Å². The van der Waals surface area contributed by atoms with Crippen LogP contribution >= 0.6 is 0 Å². The van der Waals surface area contributed by atoms with Crippen molar-refractivity contribution in [3.8, 4) is 0 Å². The number of fused-ring (bicyclic) bond motifs is 1.